The first kappa shape index (κ1) is 23.3. The van der Waals surface area contributed by atoms with E-state index < -0.39 is 10.0 Å². The number of halogens is 1. The number of sulfonamides is 1. The standard InChI is InChI=1S/C26H27ClN2O3S/c1-18-10-13-22(16-19(18)2)29(33(31,32)23-14-11-21(27)12-15-23)17-26(30)28-25-9-5-7-20-6-3-4-8-24(20)25/h3-4,6,8,10-16,25H,5,7,9,17H2,1-2H3,(H,28,30). The first-order chi connectivity index (χ1) is 15.8. The van der Waals surface area contributed by atoms with E-state index in [0.717, 1.165) is 36.0 Å². The Balaban J connectivity index is 1.65. The first-order valence-corrected chi connectivity index (χ1v) is 12.8. The van der Waals surface area contributed by atoms with E-state index in [0.29, 0.717) is 10.7 Å². The molecule has 0 spiro atoms. The highest BCUT2D eigenvalue weighted by atomic mass is 35.5. The average Bonchev–Trinajstić information content (AvgIpc) is 2.80. The lowest BCUT2D eigenvalue weighted by Crippen LogP contribution is -2.42. The van der Waals surface area contributed by atoms with Crippen LogP contribution in [-0.2, 0) is 21.2 Å². The Hall–Kier alpha value is -2.83. The van der Waals surface area contributed by atoms with Crippen molar-refractivity contribution in [2.75, 3.05) is 10.8 Å². The summed E-state index contributed by atoms with van der Waals surface area (Å²) in [5.74, 6) is -0.340. The number of amides is 1. The van der Waals surface area contributed by atoms with E-state index in [-0.39, 0.29) is 23.4 Å². The fraction of sp³-hybridized carbons (Fsp3) is 0.269. The first-order valence-electron chi connectivity index (χ1n) is 11.0. The lowest BCUT2D eigenvalue weighted by molar-refractivity contribution is -0.120. The molecule has 33 heavy (non-hydrogen) atoms. The number of hydrogen-bond acceptors (Lipinski definition) is 3. The maximum Gasteiger partial charge on any atom is 0.264 e. The lowest BCUT2D eigenvalue weighted by atomic mass is 9.88. The van der Waals surface area contributed by atoms with Gasteiger partial charge < -0.3 is 5.32 Å². The summed E-state index contributed by atoms with van der Waals surface area (Å²) >= 11 is 5.96. The molecule has 1 unspecified atom stereocenters. The monoisotopic (exact) mass is 482 g/mol. The van der Waals surface area contributed by atoms with Gasteiger partial charge in [-0.25, -0.2) is 8.42 Å². The van der Waals surface area contributed by atoms with Crippen molar-refractivity contribution in [1.29, 1.82) is 0 Å². The zero-order valence-corrected chi connectivity index (χ0v) is 20.3. The van der Waals surface area contributed by atoms with Crippen molar-refractivity contribution in [3.05, 3.63) is 94.0 Å². The SMILES string of the molecule is Cc1ccc(N(CC(=O)NC2CCCc3ccccc32)S(=O)(=O)c2ccc(Cl)cc2)cc1C. The van der Waals surface area contributed by atoms with Gasteiger partial charge in [-0.05, 0) is 91.8 Å². The Labute approximate surface area is 200 Å². The van der Waals surface area contributed by atoms with Crippen LogP contribution in [0, 0.1) is 13.8 Å². The maximum absolute atomic E-state index is 13.6. The van der Waals surface area contributed by atoms with Gasteiger partial charge in [-0.1, -0.05) is 41.9 Å². The molecule has 0 saturated carbocycles. The molecular formula is C26H27ClN2O3S. The van der Waals surface area contributed by atoms with Gasteiger partial charge >= 0.3 is 0 Å². The van der Waals surface area contributed by atoms with Crippen molar-refractivity contribution in [1.82, 2.24) is 5.32 Å². The van der Waals surface area contributed by atoms with Crippen molar-refractivity contribution < 1.29 is 13.2 Å². The molecule has 0 heterocycles. The van der Waals surface area contributed by atoms with Crippen LogP contribution < -0.4 is 9.62 Å². The number of nitrogens with one attached hydrogen (secondary N) is 1. The van der Waals surface area contributed by atoms with Gasteiger partial charge in [0.1, 0.15) is 6.54 Å². The number of fused-ring (bicyclic) bond motifs is 1. The molecule has 5 nitrogen and oxygen atoms in total. The number of hydrogen-bond donors (Lipinski definition) is 1. The summed E-state index contributed by atoms with van der Waals surface area (Å²) in [5, 5.41) is 3.51. The highest BCUT2D eigenvalue weighted by Crippen LogP contribution is 2.30. The molecule has 1 N–H and O–H groups in total. The molecule has 1 atom stereocenters. The Bertz CT molecular complexity index is 1270. The molecule has 0 aromatic heterocycles. The number of anilines is 1. The number of carbonyl (C=O) groups excluding carboxylic acids is 1. The number of aryl methyl sites for hydroxylation is 3. The quantitative estimate of drug-likeness (QED) is 0.515. The molecule has 0 bridgehead atoms. The van der Waals surface area contributed by atoms with Crippen molar-refractivity contribution >= 4 is 33.2 Å². The molecule has 0 fully saturated rings. The van der Waals surface area contributed by atoms with E-state index in [2.05, 4.69) is 11.4 Å². The van der Waals surface area contributed by atoms with Crippen LogP contribution in [-0.4, -0.2) is 20.9 Å². The van der Waals surface area contributed by atoms with Gasteiger partial charge in [0.15, 0.2) is 0 Å². The van der Waals surface area contributed by atoms with Crippen LogP contribution >= 0.6 is 11.6 Å². The topological polar surface area (TPSA) is 66.5 Å². The molecule has 1 amide bonds. The molecule has 1 aliphatic carbocycles. The Kier molecular flexibility index (Phi) is 6.77. The third-order valence-corrected chi connectivity index (χ3v) is 8.21. The summed E-state index contributed by atoms with van der Waals surface area (Å²) in [5.41, 5.74) is 4.78. The molecule has 3 aromatic carbocycles. The minimum atomic E-state index is -3.98. The summed E-state index contributed by atoms with van der Waals surface area (Å²) < 4.78 is 28.3. The molecular weight excluding hydrogens is 456 g/mol. The Morgan fingerprint density at radius 2 is 1.76 bits per heavy atom. The highest BCUT2D eigenvalue weighted by molar-refractivity contribution is 7.92. The van der Waals surface area contributed by atoms with E-state index in [1.807, 2.05) is 38.1 Å². The predicted molar refractivity (Wildman–Crippen MR) is 132 cm³/mol. The van der Waals surface area contributed by atoms with Crippen molar-refractivity contribution in [3.63, 3.8) is 0 Å². The average molecular weight is 483 g/mol. The van der Waals surface area contributed by atoms with Crippen LogP contribution in [0.1, 0.15) is 41.1 Å². The normalized spacial score (nSPS) is 15.5. The second-order valence-electron chi connectivity index (χ2n) is 8.45. The Morgan fingerprint density at radius 1 is 1.03 bits per heavy atom. The van der Waals surface area contributed by atoms with Gasteiger partial charge in [0.25, 0.3) is 10.0 Å². The molecule has 172 valence electrons. The zero-order chi connectivity index (χ0) is 23.6. The van der Waals surface area contributed by atoms with Gasteiger partial charge in [0, 0.05) is 5.02 Å². The van der Waals surface area contributed by atoms with Crippen LogP contribution in [0.3, 0.4) is 0 Å². The van der Waals surface area contributed by atoms with Gasteiger partial charge in [-0.2, -0.15) is 0 Å². The molecule has 4 rings (SSSR count). The minimum Gasteiger partial charge on any atom is -0.348 e. The van der Waals surface area contributed by atoms with E-state index in [1.54, 1.807) is 12.1 Å². The number of nitrogens with zero attached hydrogens (tertiary/aromatic N) is 1. The second-order valence-corrected chi connectivity index (χ2v) is 10.7. The van der Waals surface area contributed by atoms with E-state index in [4.69, 9.17) is 11.6 Å². The highest BCUT2D eigenvalue weighted by Gasteiger charge is 2.29. The third kappa shape index (κ3) is 5.07. The molecule has 7 heteroatoms. The minimum absolute atomic E-state index is 0.0842. The fourth-order valence-electron chi connectivity index (χ4n) is 4.20. The van der Waals surface area contributed by atoms with Gasteiger partial charge in [-0.15, -0.1) is 0 Å². The molecule has 3 aromatic rings. The third-order valence-electron chi connectivity index (χ3n) is 6.17. The maximum atomic E-state index is 13.6. The second kappa shape index (κ2) is 9.57. The van der Waals surface area contributed by atoms with E-state index >= 15 is 0 Å². The number of rotatable bonds is 6. The van der Waals surface area contributed by atoms with E-state index in [1.165, 1.54) is 34.1 Å². The van der Waals surface area contributed by atoms with Crippen LogP contribution in [0.25, 0.3) is 0 Å². The van der Waals surface area contributed by atoms with Crippen molar-refractivity contribution in [2.24, 2.45) is 0 Å². The van der Waals surface area contributed by atoms with Gasteiger partial charge in [0.2, 0.25) is 5.91 Å². The van der Waals surface area contributed by atoms with Crippen LogP contribution in [0.5, 0.6) is 0 Å². The van der Waals surface area contributed by atoms with Crippen LogP contribution in [0.4, 0.5) is 5.69 Å². The summed E-state index contributed by atoms with van der Waals surface area (Å²) in [6, 6.07) is 19.3. The van der Waals surface area contributed by atoms with Gasteiger partial charge in [0.05, 0.1) is 16.6 Å². The summed E-state index contributed by atoms with van der Waals surface area (Å²) in [7, 11) is -3.98. The zero-order valence-electron chi connectivity index (χ0n) is 18.7. The molecule has 0 aliphatic heterocycles. The Morgan fingerprint density at radius 3 is 2.48 bits per heavy atom. The van der Waals surface area contributed by atoms with Crippen molar-refractivity contribution in [2.45, 2.75) is 44.0 Å². The lowest BCUT2D eigenvalue weighted by Gasteiger charge is -2.29. The van der Waals surface area contributed by atoms with E-state index in [9.17, 15) is 13.2 Å². The smallest absolute Gasteiger partial charge is 0.264 e. The summed E-state index contributed by atoms with van der Waals surface area (Å²) in [6.45, 7) is 3.57. The van der Waals surface area contributed by atoms with Crippen molar-refractivity contribution in [3.8, 4) is 0 Å². The predicted octanol–water partition coefficient (Wildman–Crippen LogP) is 5.35. The molecule has 0 radical (unpaired) electrons. The number of carbonyl (C=O) groups is 1. The van der Waals surface area contributed by atoms with Gasteiger partial charge in [-0.3, -0.25) is 9.10 Å². The largest absolute Gasteiger partial charge is 0.348 e. The molecule has 0 saturated heterocycles. The molecule has 1 aliphatic rings. The fourth-order valence-corrected chi connectivity index (χ4v) is 5.74. The van der Waals surface area contributed by atoms with Crippen LogP contribution in [0.15, 0.2) is 71.6 Å². The summed E-state index contributed by atoms with van der Waals surface area (Å²) in [6.07, 6.45) is 2.80. The summed E-state index contributed by atoms with van der Waals surface area (Å²) in [4.78, 5) is 13.2. The van der Waals surface area contributed by atoms with Crippen LogP contribution in [0.2, 0.25) is 5.02 Å². The number of benzene rings is 3.